The molecule has 2 rings (SSSR count). The molecule has 1 N–H and O–H groups in total. The lowest BCUT2D eigenvalue weighted by Gasteiger charge is -2.52. The van der Waals surface area contributed by atoms with Crippen molar-refractivity contribution in [2.45, 2.75) is 45.2 Å². The Morgan fingerprint density at radius 1 is 1.32 bits per heavy atom. The van der Waals surface area contributed by atoms with Crippen molar-refractivity contribution >= 4 is 17.8 Å². The standard InChI is InChI=1S/C13H20N2O4/c1-8(2)10(16)15-6-4-5-13(15)7-14(12(13)19)9(3)11(17)18/h8-9H,4-7H2,1-3H3,(H,17,18)/t9?,13-/m1/s1. The predicted octanol–water partition coefficient (Wildman–Crippen LogP) is 0.319. The molecule has 2 saturated heterocycles. The second-order valence-corrected chi connectivity index (χ2v) is 5.73. The molecule has 6 heteroatoms. The lowest BCUT2D eigenvalue weighted by Crippen LogP contribution is -2.75. The number of likely N-dealkylation sites (tertiary alicyclic amines) is 2. The van der Waals surface area contributed by atoms with Crippen molar-refractivity contribution in [1.29, 1.82) is 0 Å². The van der Waals surface area contributed by atoms with Crippen molar-refractivity contribution in [2.75, 3.05) is 13.1 Å². The summed E-state index contributed by atoms with van der Waals surface area (Å²) in [6, 6.07) is -0.824. The minimum atomic E-state index is -1.01. The van der Waals surface area contributed by atoms with Crippen LogP contribution in [-0.4, -0.2) is 57.4 Å². The molecule has 0 aromatic rings. The van der Waals surface area contributed by atoms with Gasteiger partial charge in [0.1, 0.15) is 11.6 Å². The Morgan fingerprint density at radius 3 is 2.42 bits per heavy atom. The first-order chi connectivity index (χ1) is 8.81. The molecule has 0 aliphatic carbocycles. The van der Waals surface area contributed by atoms with E-state index in [1.807, 2.05) is 13.8 Å². The summed E-state index contributed by atoms with van der Waals surface area (Å²) in [7, 11) is 0. The van der Waals surface area contributed by atoms with Crippen molar-refractivity contribution in [3.63, 3.8) is 0 Å². The molecule has 0 saturated carbocycles. The van der Waals surface area contributed by atoms with E-state index >= 15 is 0 Å². The number of aliphatic carboxylic acids is 1. The van der Waals surface area contributed by atoms with Gasteiger partial charge in [0.2, 0.25) is 5.91 Å². The molecule has 0 aromatic heterocycles. The van der Waals surface area contributed by atoms with Gasteiger partial charge >= 0.3 is 5.97 Å². The van der Waals surface area contributed by atoms with E-state index in [1.54, 1.807) is 4.90 Å². The molecule has 19 heavy (non-hydrogen) atoms. The second kappa shape index (κ2) is 4.51. The van der Waals surface area contributed by atoms with Gasteiger partial charge in [0.25, 0.3) is 5.91 Å². The summed E-state index contributed by atoms with van der Waals surface area (Å²) >= 11 is 0. The third-order valence-corrected chi connectivity index (χ3v) is 4.16. The van der Waals surface area contributed by atoms with E-state index in [0.717, 1.165) is 6.42 Å². The summed E-state index contributed by atoms with van der Waals surface area (Å²) in [6.07, 6.45) is 1.45. The van der Waals surface area contributed by atoms with Crippen LogP contribution in [0.3, 0.4) is 0 Å². The van der Waals surface area contributed by atoms with E-state index in [2.05, 4.69) is 0 Å². The summed E-state index contributed by atoms with van der Waals surface area (Å²) in [5.41, 5.74) is -0.759. The van der Waals surface area contributed by atoms with E-state index in [9.17, 15) is 14.4 Å². The zero-order valence-corrected chi connectivity index (χ0v) is 11.5. The van der Waals surface area contributed by atoms with Gasteiger partial charge in [-0.05, 0) is 19.8 Å². The number of hydrogen-bond acceptors (Lipinski definition) is 3. The van der Waals surface area contributed by atoms with Gasteiger partial charge in [-0.2, -0.15) is 0 Å². The maximum Gasteiger partial charge on any atom is 0.326 e. The molecule has 2 aliphatic heterocycles. The molecule has 2 amide bonds. The van der Waals surface area contributed by atoms with Gasteiger partial charge in [-0.15, -0.1) is 0 Å². The molecular weight excluding hydrogens is 248 g/mol. The van der Waals surface area contributed by atoms with Crippen LogP contribution < -0.4 is 0 Å². The highest BCUT2D eigenvalue weighted by atomic mass is 16.4. The van der Waals surface area contributed by atoms with Gasteiger partial charge < -0.3 is 14.9 Å². The van der Waals surface area contributed by atoms with Gasteiger partial charge in [0, 0.05) is 12.5 Å². The van der Waals surface area contributed by atoms with Crippen LogP contribution in [0.15, 0.2) is 0 Å². The van der Waals surface area contributed by atoms with Crippen LogP contribution in [0, 0.1) is 5.92 Å². The maximum absolute atomic E-state index is 12.3. The van der Waals surface area contributed by atoms with E-state index in [0.29, 0.717) is 19.5 Å². The van der Waals surface area contributed by atoms with E-state index in [-0.39, 0.29) is 17.7 Å². The van der Waals surface area contributed by atoms with Crippen LogP contribution in [0.5, 0.6) is 0 Å². The summed E-state index contributed by atoms with van der Waals surface area (Å²) < 4.78 is 0. The summed E-state index contributed by atoms with van der Waals surface area (Å²) in [5, 5.41) is 8.96. The number of β-lactam (4-membered cyclic amide) rings is 1. The number of amides is 2. The van der Waals surface area contributed by atoms with Crippen molar-refractivity contribution in [1.82, 2.24) is 9.80 Å². The van der Waals surface area contributed by atoms with Gasteiger partial charge in [0.05, 0.1) is 6.54 Å². The zero-order valence-electron chi connectivity index (χ0n) is 11.5. The normalized spacial score (nSPS) is 27.9. The highest BCUT2D eigenvalue weighted by molar-refractivity contribution is 5.99. The Hall–Kier alpha value is -1.59. The molecule has 1 unspecified atom stereocenters. The Bertz CT molecular complexity index is 434. The lowest BCUT2D eigenvalue weighted by molar-refractivity contribution is -0.176. The molecule has 6 nitrogen and oxygen atoms in total. The second-order valence-electron chi connectivity index (χ2n) is 5.73. The van der Waals surface area contributed by atoms with E-state index in [1.165, 1.54) is 11.8 Å². The quantitative estimate of drug-likeness (QED) is 0.748. The predicted molar refractivity (Wildman–Crippen MR) is 67.3 cm³/mol. The van der Waals surface area contributed by atoms with Crippen LogP contribution in [0.2, 0.25) is 0 Å². The largest absolute Gasteiger partial charge is 0.480 e. The van der Waals surface area contributed by atoms with Crippen LogP contribution in [0.1, 0.15) is 33.6 Å². The van der Waals surface area contributed by atoms with Crippen molar-refractivity contribution in [2.24, 2.45) is 5.92 Å². The average molecular weight is 268 g/mol. The SMILES string of the molecule is CC(C)C(=O)N1CCC[C@]12CN(C(C)C(=O)O)C2=O. The monoisotopic (exact) mass is 268 g/mol. The smallest absolute Gasteiger partial charge is 0.326 e. The average Bonchev–Trinajstić information content (AvgIpc) is 2.80. The van der Waals surface area contributed by atoms with Crippen molar-refractivity contribution < 1.29 is 19.5 Å². The molecule has 0 bridgehead atoms. The fourth-order valence-electron chi connectivity index (χ4n) is 2.94. The molecular formula is C13H20N2O4. The molecule has 0 radical (unpaired) electrons. The number of carboxylic acid groups (broad SMARTS) is 1. The Kier molecular flexibility index (Phi) is 3.28. The fourth-order valence-corrected chi connectivity index (χ4v) is 2.94. The van der Waals surface area contributed by atoms with Gasteiger partial charge in [0.15, 0.2) is 0 Å². The molecule has 2 atom stereocenters. The maximum atomic E-state index is 12.3. The molecule has 2 heterocycles. The summed E-state index contributed by atoms with van der Waals surface area (Å²) in [5.74, 6) is -1.39. The molecule has 2 fully saturated rings. The van der Waals surface area contributed by atoms with Gasteiger partial charge in [-0.25, -0.2) is 4.79 Å². The third kappa shape index (κ3) is 1.89. The molecule has 2 aliphatic rings. The third-order valence-electron chi connectivity index (χ3n) is 4.16. The number of carbonyl (C=O) groups excluding carboxylic acids is 2. The van der Waals surface area contributed by atoms with Crippen LogP contribution in [0.4, 0.5) is 0 Å². The highest BCUT2D eigenvalue weighted by Gasteiger charge is 2.61. The van der Waals surface area contributed by atoms with E-state index < -0.39 is 17.6 Å². The number of rotatable bonds is 3. The number of carbonyl (C=O) groups is 3. The summed E-state index contributed by atoms with van der Waals surface area (Å²) in [6.45, 7) is 6.07. The zero-order chi connectivity index (χ0) is 14.4. The van der Waals surface area contributed by atoms with Gasteiger partial charge in [-0.3, -0.25) is 9.59 Å². The van der Waals surface area contributed by atoms with Crippen LogP contribution in [0.25, 0.3) is 0 Å². The number of carboxylic acids is 1. The van der Waals surface area contributed by atoms with Gasteiger partial charge in [-0.1, -0.05) is 13.8 Å². The Balaban J connectivity index is 2.16. The topological polar surface area (TPSA) is 77.9 Å². The molecule has 1 spiro atoms. The van der Waals surface area contributed by atoms with E-state index in [4.69, 9.17) is 5.11 Å². The number of nitrogens with zero attached hydrogens (tertiary/aromatic N) is 2. The Morgan fingerprint density at radius 2 is 1.95 bits per heavy atom. The lowest BCUT2D eigenvalue weighted by atomic mass is 9.84. The molecule has 106 valence electrons. The Labute approximate surface area is 112 Å². The van der Waals surface area contributed by atoms with Crippen LogP contribution in [-0.2, 0) is 14.4 Å². The highest BCUT2D eigenvalue weighted by Crippen LogP contribution is 2.40. The minimum absolute atomic E-state index is 0.0199. The minimum Gasteiger partial charge on any atom is -0.480 e. The fraction of sp³-hybridized carbons (Fsp3) is 0.769. The van der Waals surface area contributed by atoms with Crippen molar-refractivity contribution in [3.8, 4) is 0 Å². The van der Waals surface area contributed by atoms with Crippen LogP contribution >= 0.6 is 0 Å². The first kappa shape index (κ1) is 13.8. The van der Waals surface area contributed by atoms with Crippen molar-refractivity contribution in [3.05, 3.63) is 0 Å². The molecule has 0 aromatic carbocycles. The first-order valence-electron chi connectivity index (χ1n) is 6.66. The first-order valence-corrected chi connectivity index (χ1v) is 6.66. The summed E-state index contributed by atoms with van der Waals surface area (Å²) in [4.78, 5) is 38.4. The number of hydrogen-bond donors (Lipinski definition) is 1.